The summed E-state index contributed by atoms with van der Waals surface area (Å²) in [7, 11) is 3.61. The molecule has 88 valence electrons. The fourth-order valence-electron chi connectivity index (χ4n) is 1.97. The van der Waals surface area contributed by atoms with Crippen molar-refractivity contribution in [3.8, 4) is 0 Å². The van der Waals surface area contributed by atoms with E-state index in [1.807, 2.05) is 0 Å². The third kappa shape index (κ3) is 4.68. The molecule has 0 spiro atoms. The van der Waals surface area contributed by atoms with E-state index in [2.05, 4.69) is 33.0 Å². The Morgan fingerprint density at radius 3 is 2.40 bits per heavy atom. The summed E-state index contributed by atoms with van der Waals surface area (Å²) in [5.74, 6) is 3.00. The molecule has 15 heavy (non-hydrogen) atoms. The second kappa shape index (κ2) is 5.48. The molecule has 0 unspecified atom stereocenters. The molecule has 0 aromatic heterocycles. The van der Waals surface area contributed by atoms with Crippen LogP contribution in [0, 0.1) is 11.8 Å². The number of amides is 1. The summed E-state index contributed by atoms with van der Waals surface area (Å²) < 4.78 is 0. The second-order valence-electron chi connectivity index (χ2n) is 5.24. The number of nitrogens with one attached hydrogen (secondary N) is 1. The Balaban J connectivity index is 2.41. The second-order valence-corrected chi connectivity index (χ2v) is 7.79. The van der Waals surface area contributed by atoms with Crippen molar-refractivity contribution in [3.63, 3.8) is 0 Å². The van der Waals surface area contributed by atoms with Gasteiger partial charge in [0, 0.05) is 17.0 Å². The van der Waals surface area contributed by atoms with Gasteiger partial charge in [-0.05, 0) is 26.2 Å². The molecule has 0 atom stereocenters. The summed E-state index contributed by atoms with van der Waals surface area (Å²) in [4.78, 5) is 11.9. The topological polar surface area (TPSA) is 29.1 Å². The van der Waals surface area contributed by atoms with Gasteiger partial charge in [-0.25, -0.2) is 0 Å². The van der Waals surface area contributed by atoms with Crippen LogP contribution in [0.1, 0.15) is 34.1 Å². The van der Waals surface area contributed by atoms with Crippen LogP contribution in [-0.4, -0.2) is 23.0 Å². The van der Waals surface area contributed by atoms with Crippen LogP contribution >= 0.6 is 21.6 Å². The van der Waals surface area contributed by atoms with Gasteiger partial charge in [0.25, 0.3) is 0 Å². The van der Waals surface area contributed by atoms with E-state index in [1.54, 1.807) is 21.6 Å². The number of carbonyl (C=O) groups excluding carboxylic acids is 1. The molecule has 1 rings (SSSR count). The first-order chi connectivity index (χ1) is 6.91. The van der Waals surface area contributed by atoms with Gasteiger partial charge < -0.3 is 5.32 Å². The highest BCUT2D eigenvalue weighted by atomic mass is 33.1. The number of hydrogen-bond acceptors (Lipinski definition) is 3. The molecule has 0 aromatic rings. The van der Waals surface area contributed by atoms with E-state index >= 15 is 0 Å². The largest absolute Gasteiger partial charge is 0.351 e. The molecule has 0 aromatic carbocycles. The Morgan fingerprint density at radius 1 is 1.40 bits per heavy atom. The smallest absolute Gasteiger partial charge is 0.225 e. The normalized spacial score (nSPS) is 18.5. The molecule has 1 amide bonds. The molecule has 4 heteroatoms. The van der Waals surface area contributed by atoms with E-state index in [0.29, 0.717) is 5.92 Å². The van der Waals surface area contributed by atoms with Gasteiger partial charge in [-0.2, -0.15) is 0 Å². The lowest BCUT2D eigenvalue weighted by Crippen LogP contribution is -2.47. The Morgan fingerprint density at radius 2 is 1.93 bits per heavy atom. The van der Waals surface area contributed by atoms with Crippen LogP contribution in [0.4, 0.5) is 0 Å². The highest BCUT2D eigenvalue weighted by Crippen LogP contribution is 2.35. The molecule has 0 radical (unpaired) electrons. The summed E-state index contributed by atoms with van der Waals surface area (Å²) in [6, 6.07) is 0. The van der Waals surface area contributed by atoms with Crippen molar-refractivity contribution in [1.82, 2.24) is 5.32 Å². The van der Waals surface area contributed by atoms with E-state index in [9.17, 15) is 4.79 Å². The number of rotatable bonds is 4. The summed E-state index contributed by atoms with van der Waals surface area (Å²) in [5, 5.41) is 3.16. The predicted octanol–water partition coefficient (Wildman–Crippen LogP) is 2.94. The summed E-state index contributed by atoms with van der Waals surface area (Å²) >= 11 is 0. The minimum atomic E-state index is -0.0663. The summed E-state index contributed by atoms with van der Waals surface area (Å²) in [5.41, 5.74) is -0.0663. The van der Waals surface area contributed by atoms with Crippen LogP contribution in [0.3, 0.4) is 0 Å². The molecule has 1 aliphatic rings. The van der Waals surface area contributed by atoms with E-state index in [-0.39, 0.29) is 17.4 Å². The highest BCUT2D eigenvalue weighted by molar-refractivity contribution is 8.77. The van der Waals surface area contributed by atoms with Crippen molar-refractivity contribution in [2.75, 3.05) is 11.5 Å². The molecular weight excluding hydrogens is 226 g/mol. The first kappa shape index (κ1) is 13.2. The van der Waals surface area contributed by atoms with Crippen molar-refractivity contribution in [2.45, 2.75) is 39.7 Å². The Kier molecular flexibility index (Phi) is 4.84. The van der Waals surface area contributed by atoms with Crippen molar-refractivity contribution in [3.05, 3.63) is 0 Å². The zero-order valence-corrected chi connectivity index (χ0v) is 11.6. The molecule has 0 saturated carbocycles. The first-order valence-corrected chi connectivity index (χ1v) is 7.96. The van der Waals surface area contributed by atoms with Gasteiger partial charge in [-0.3, -0.25) is 4.79 Å². The van der Waals surface area contributed by atoms with Gasteiger partial charge in [0.1, 0.15) is 0 Å². The maximum absolute atomic E-state index is 11.9. The van der Waals surface area contributed by atoms with Crippen molar-refractivity contribution in [2.24, 2.45) is 11.8 Å². The maximum Gasteiger partial charge on any atom is 0.225 e. The van der Waals surface area contributed by atoms with E-state index in [1.165, 1.54) is 0 Å². The monoisotopic (exact) mass is 247 g/mol. The van der Waals surface area contributed by atoms with Gasteiger partial charge in [-0.15, -0.1) is 0 Å². The van der Waals surface area contributed by atoms with Gasteiger partial charge in [-0.1, -0.05) is 35.4 Å². The minimum Gasteiger partial charge on any atom is -0.351 e. The SMILES string of the molecule is CC(C)CC(C)(C)NC(=O)C1CSSC1. The third-order valence-electron chi connectivity index (χ3n) is 2.37. The van der Waals surface area contributed by atoms with E-state index < -0.39 is 0 Å². The lowest BCUT2D eigenvalue weighted by atomic mass is 9.92. The third-order valence-corrected chi connectivity index (χ3v) is 4.93. The molecule has 1 N–H and O–H groups in total. The fraction of sp³-hybridized carbons (Fsp3) is 0.909. The molecule has 1 aliphatic heterocycles. The number of carbonyl (C=O) groups is 1. The Hall–Kier alpha value is 0.170. The van der Waals surface area contributed by atoms with Crippen molar-refractivity contribution < 1.29 is 4.79 Å². The first-order valence-electron chi connectivity index (χ1n) is 5.47. The van der Waals surface area contributed by atoms with Crippen LogP contribution in [-0.2, 0) is 4.79 Å². The van der Waals surface area contributed by atoms with Crippen LogP contribution < -0.4 is 5.32 Å². The molecule has 0 bridgehead atoms. The van der Waals surface area contributed by atoms with Crippen LogP contribution in [0.25, 0.3) is 0 Å². The zero-order chi connectivity index (χ0) is 11.5. The molecular formula is C11H21NOS2. The van der Waals surface area contributed by atoms with Crippen molar-refractivity contribution in [1.29, 1.82) is 0 Å². The van der Waals surface area contributed by atoms with Crippen LogP contribution in [0.2, 0.25) is 0 Å². The van der Waals surface area contributed by atoms with Gasteiger partial charge >= 0.3 is 0 Å². The molecule has 1 heterocycles. The molecule has 1 fully saturated rings. The van der Waals surface area contributed by atoms with E-state index in [0.717, 1.165) is 17.9 Å². The van der Waals surface area contributed by atoms with Crippen molar-refractivity contribution >= 4 is 27.5 Å². The van der Waals surface area contributed by atoms with Gasteiger partial charge in [0.2, 0.25) is 5.91 Å². The maximum atomic E-state index is 11.9. The average Bonchev–Trinajstić information content (AvgIpc) is 2.50. The molecule has 2 nitrogen and oxygen atoms in total. The summed E-state index contributed by atoms with van der Waals surface area (Å²) in [6.07, 6.45) is 1.03. The predicted molar refractivity (Wildman–Crippen MR) is 70.1 cm³/mol. The zero-order valence-electron chi connectivity index (χ0n) is 10.0. The Bertz CT molecular complexity index is 223. The van der Waals surface area contributed by atoms with Crippen LogP contribution in [0.15, 0.2) is 0 Å². The minimum absolute atomic E-state index is 0.0663. The van der Waals surface area contributed by atoms with Gasteiger partial charge in [0.15, 0.2) is 0 Å². The molecule has 0 aliphatic carbocycles. The standard InChI is InChI=1S/C11H21NOS2/c1-8(2)5-11(3,4)12-10(13)9-6-14-15-7-9/h8-9H,5-7H2,1-4H3,(H,12,13). The lowest BCUT2D eigenvalue weighted by molar-refractivity contribution is -0.125. The quantitative estimate of drug-likeness (QED) is 0.775. The molecule has 1 saturated heterocycles. The fourth-order valence-corrected chi connectivity index (χ4v) is 4.74. The highest BCUT2D eigenvalue weighted by Gasteiger charge is 2.29. The van der Waals surface area contributed by atoms with Crippen LogP contribution in [0.5, 0.6) is 0 Å². The van der Waals surface area contributed by atoms with E-state index in [4.69, 9.17) is 0 Å². The Labute approximate surface area is 101 Å². The average molecular weight is 247 g/mol. The number of hydrogen-bond donors (Lipinski definition) is 1. The lowest BCUT2D eigenvalue weighted by Gasteiger charge is -2.29. The van der Waals surface area contributed by atoms with Gasteiger partial charge in [0.05, 0.1) is 5.92 Å². The summed E-state index contributed by atoms with van der Waals surface area (Å²) in [6.45, 7) is 8.60.